The number of nitrogens with two attached hydrogens (primary N) is 2. The van der Waals surface area contributed by atoms with Crippen molar-refractivity contribution in [2.45, 2.75) is 12.5 Å². The van der Waals surface area contributed by atoms with Crippen molar-refractivity contribution in [3.63, 3.8) is 0 Å². The Morgan fingerprint density at radius 3 is 2.10 bits per heavy atom. The van der Waals surface area contributed by atoms with Crippen LogP contribution < -0.4 is 11.5 Å². The van der Waals surface area contributed by atoms with Gasteiger partial charge in [-0.3, -0.25) is 14.4 Å². The Balaban J connectivity index is 0.000000621. The number of anilines is 1. The third-order valence-corrected chi connectivity index (χ3v) is 2.08. The molecule has 0 aliphatic carbocycles. The lowest BCUT2D eigenvalue weighted by Crippen LogP contribution is -2.32. The number of Topliss-reactive ketones (excluding diaryl/α,β-unsaturated/α-hetero) is 1. The highest BCUT2D eigenvalue weighted by molar-refractivity contribution is 6.19. The number of nitrogen functional groups attached to an aromatic ring is 1. The fourth-order valence-corrected chi connectivity index (χ4v) is 1.15. The summed E-state index contributed by atoms with van der Waals surface area (Å²) in [7, 11) is 0. The Bertz CT molecular complexity index is 514. The molecule has 0 heterocycles. The van der Waals surface area contributed by atoms with Crippen molar-refractivity contribution in [2.75, 3.05) is 5.73 Å². The molecule has 0 aliphatic rings. The fourth-order valence-electron chi connectivity index (χ4n) is 1.15. The van der Waals surface area contributed by atoms with Crippen LogP contribution >= 0.6 is 0 Å². The third-order valence-electron chi connectivity index (χ3n) is 2.08. The van der Waals surface area contributed by atoms with Gasteiger partial charge in [0, 0.05) is 17.7 Å². The van der Waals surface area contributed by atoms with Crippen LogP contribution in [0.5, 0.6) is 0 Å². The number of carboxylic acid groups (broad SMARTS) is 2. The Morgan fingerprint density at radius 2 is 1.70 bits per heavy atom. The van der Waals surface area contributed by atoms with Crippen molar-refractivity contribution < 1.29 is 29.4 Å². The van der Waals surface area contributed by atoms with E-state index in [0.717, 1.165) is 0 Å². The minimum absolute atomic E-state index is 0.167. The highest BCUT2D eigenvalue weighted by Gasteiger charge is 2.18. The van der Waals surface area contributed by atoms with E-state index < -0.39 is 18.0 Å². The first-order valence-electron chi connectivity index (χ1n) is 5.33. The van der Waals surface area contributed by atoms with Crippen LogP contribution in [0, 0.1) is 0 Å². The lowest BCUT2D eigenvalue weighted by molar-refractivity contribution is -0.143. The summed E-state index contributed by atoms with van der Waals surface area (Å²) in [5.41, 5.74) is 11.5. The van der Waals surface area contributed by atoms with Gasteiger partial charge in [-0.1, -0.05) is 12.1 Å². The van der Waals surface area contributed by atoms with Gasteiger partial charge in [-0.05, 0) is 12.1 Å². The summed E-state index contributed by atoms with van der Waals surface area (Å²) < 4.78 is 0. The molecule has 0 fully saturated rings. The number of aldehydes is 1. The van der Waals surface area contributed by atoms with Crippen LogP contribution in [0.3, 0.4) is 0 Å². The van der Waals surface area contributed by atoms with Crippen LogP contribution in [0.1, 0.15) is 16.8 Å². The second kappa shape index (κ2) is 8.38. The quantitative estimate of drug-likeness (QED) is 0.244. The number of carboxylic acids is 2. The maximum Gasteiger partial charge on any atom is 0.368 e. The summed E-state index contributed by atoms with van der Waals surface area (Å²) in [5, 5.41) is 15.9. The number of aliphatic carboxylic acids is 2. The van der Waals surface area contributed by atoms with E-state index in [1.165, 1.54) is 0 Å². The van der Waals surface area contributed by atoms with E-state index in [9.17, 15) is 9.59 Å². The second-order valence-electron chi connectivity index (χ2n) is 3.62. The first-order valence-corrected chi connectivity index (χ1v) is 5.33. The van der Waals surface area contributed by atoms with Gasteiger partial charge in [0.1, 0.15) is 6.04 Å². The van der Waals surface area contributed by atoms with Gasteiger partial charge in [0.25, 0.3) is 0 Å². The second-order valence-corrected chi connectivity index (χ2v) is 3.62. The normalized spacial score (nSPS) is 10.7. The molecular formula is C12H14N2O6. The molecule has 0 aromatic heterocycles. The molecule has 6 N–H and O–H groups in total. The minimum atomic E-state index is -1.43. The van der Waals surface area contributed by atoms with Crippen molar-refractivity contribution in [1.29, 1.82) is 0 Å². The SMILES string of the molecule is Nc1ccccc1C(=O)CC(N)C(=O)O.O=CC(=O)O. The van der Waals surface area contributed by atoms with E-state index in [-0.39, 0.29) is 18.5 Å². The summed E-state index contributed by atoms with van der Waals surface area (Å²) in [5.74, 6) is -2.98. The molecule has 1 atom stereocenters. The van der Waals surface area contributed by atoms with E-state index >= 15 is 0 Å². The molecule has 1 unspecified atom stereocenters. The maximum atomic E-state index is 11.6. The van der Waals surface area contributed by atoms with E-state index in [0.29, 0.717) is 11.3 Å². The van der Waals surface area contributed by atoms with Crippen LogP contribution in [-0.4, -0.2) is 40.3 Å². The predicted octanol–water partition coefficient (Wildman–Crippen LogP) is -0.477. The Hall–Kier alpha value is -2.74. The van der Waals surface area contributed by atoms with E-state index in [2.05, 4.69) is 0 Å². The number of ketones is 1. The molecule has 1 aromatic carbocycles. The number of carbonyl (C=O) groups is 4. The van der Waals surface area contributed by atoms with Gasteiger partial charge >= 0.3 is 11.9 Å². The number of hydrogen-bond acceptors (Lipinski definition) is 6. The van der Waals surface area contributed by atoms with Crippen LogP contribution in [0.4, 0.5) is 5.69 Å². The maximum absolute atomic E-state index is 11.6. The van der Waals surface area contributed by atoms with Crippen LogP contribution in [0.2, 0.25) is 0 Å². The average Bonchev–Trinajstić information content (AvgIpc) is 2.39. The molecule has 1 aromatic rings. The molecule has 0 bridgehead atoms. The topological polar surface area (TPSA) is 161 Å². The van der Waals surface area contributed by atoms with Crippen molar-refractivity contribution in [3.05, 3.63) is 29.8 Å². The molecule has 8 heteroatoms. The van der Waals surface area contributed by atoms with Crippen molar-refractivity contribution in [3.8, 4) is 0 Å². The summed E-state index contributed by atoms with van der Waals surface area (Å²) in [6, 6.07) is 5.31. The van der Waals surface area contributed by atoms with Gasteiger partial charge < -0.3 is 21.7 Å². The molecule has 0 saturated heterocycles. The van der Waals surface area contributed by atoms with Crippen molar-refractivity contribution in [1.82, 2.24) is 0 Å². The molecule has 8 nitrogen and oxygen atoms in total. The lowest BCUT2D eigenvalue weighted by atomic mass is 10.0. The number of hydrogen-bond donors (Lipinski definition) is 4. The summed E-state index contributed by atoms with van der Waals surface area (Å²) in [4.78, 5) is 39.9. The molecule has 108 valence electrons. The van der Waals surface area contributed by atoms with Gasteiger partial charge in [0.05, 0.1) is 0 Å². The van der Waals surface area contributed by atoms with Gasteiger partial charge in [-0.15, -0.1) is 0 Å². The lowest BCUT2D eigenvalue weighted by Gasteiger charge is -2.07. The number of rotatable bonds is 5. The van der Waals surface area contributed by atoms with Crippen molar-refractivity contribution in [2.24, 2.45) is 5.73 Å². The molecule has 20 heavy (non-hydrogen) atoms. The van der Waals surface area contributed by atoms with Crippen LogP contribution in [0.25, 0.3) is 0 Å². The van der Waals surface area contributed by atoms with Crippen molar-refractivity contribution >= 4 is 29.7 Å². The van der Waals surface area contributed by atoms with Gasteiger partial charge in [-0.2, -0.15) is 0 Å². The van der Waals surface area contributed by atoms with Crippen LogP contribution in [-0.2, 0) is 14.4 Å². The first kappa shape index (κ1) is 17.3. The highest BCUT2D eigenvalue weighted by atomic mass is 16.4. The smallest absolute Gasteiger partial charge is 0.368 e. The first-order chi connectivity index (χ1) is 9.29. The Kier molecular flexibility index (Phi) is 7.23. The van der Waals surface area contributed by atoms with E-state index in [1.807, 2.05) is 0 Å². The Labute approximate surface area is 114 Å². The van der Waals surface area contributed by atoms with E-state index in [1.54, 1.807) is 24.3 Å². The molecular weight excluding hydrogens is 268 g/mol. The van der Waals surface area contributed by atoms with Crippen LogP contribution in [0.15, 0.2) is 24.3 Å². The Morgan fingerprint density at radius 1 is 1.20 bits per heavy atom. The highest BCUT2D eigenvalue weighted by Crippen LogP contribution is 2.13. The largest absolute Gasteiger partial charge is 0.480 e. The number of para-hydroxylation sites is 1. The molecule has 0 aliphatic heterocycles. The predicted molar refractivity (Wildman–Crippen MR) is 69.1 cm³/mol. The number of carbonyl (C=O) groups excluding carboxylic acids is 2. The minimum Gasteiger partial charge on any atom is -0.480 e. The summed E-state index contributed by atoms with van der Waals surface area (Å²) >= 11 is 0. The molecule has 0 amide bonds. The molecule has 0 saturated carbocycles. The zero-order valence-electron chi connectivity index (χ0n) is 10.4. The average molecular weight is 282 g/mol. The molecule has 1 rings (SSSR count). The summed E-state index contributed by atoms with van der Waals surface area (Å²) in [6.07, 6.45) is -0.413. The van der Waals surface area contributed by atoms with Gasteiger partial charge in [0.15, 0.2) is 5.78 Å². The zero-order chi connectivity index (χ0) is 15.7. The van der Waals surface area contributed by atoms with Gasteiger partial charge in [0.2, 0.25) is 6.29 Å². The third kappa shape index (κ3) is 6.26. The molecule has 0 radical (unpaired) electrons. The molecule has 0 spiro atoms. The van der Waals surface area contributed by atoms with Gasteiger partial charge in [-0.25, -0.2) is 4.79 Å². The van der Waals surface area contributed by atoms with E-state index in [4.69, 9.17) is 31.3 Å². The number of benzene rings is 1. The zero-order valence-corrected chi connectivity index (χ0v) is 10.4. The summed E-state index contributed by atoms with van der Waals surface area (Å²) in [6.45, 7) is 0. The standard InChI is InChI=1S/C10H12N2O3.C2H2O3/c11-7-4-2-1-3-6(7)9(13)5-8(12)10(14)15;3-1-2(4)5/h1-4,8H,5,11-12H2,(H,14,15);1H,(H,4,5). The monoisotopic (exact) mass is 282 g/mol. The fraction of sp³-hybridized carbons (Fsp3) is 0.167.